The third-order valence-corrected chi connectivity index (χ3v) is 4.56. The van der Waals surface area contributed by atoms with E-state index in [1.807, 2.05) is 60.7 Å². The molecule has 2 rings (SSSR count). The molecule has 0 radical (unpaired) electrons. The molecule has 1 unspecified atom stereocenters. The standard InChI is InChI=1S/C22H30N4O2/c23-15-7-12-19(24)21(27)26-20(14-13-17-8-3-1-4-9-17)22(28)25-16-18-10-5-2-6-11-18/h1-6,8-11,19-20H,7,12-16,23-24H2,(H,25,28)(H,26,27)/t19-,20?/m1/s1. The fourth-order valence-electron chi connectivity index (χ4n) is 2.88. The molecule has 0 spiro atoms. The van der Waals surface area contributed by atoms with E-state index in [-0.39, 0.29) is 11.8 Å². The van der Waals surface area contributed by atoms with E-state index >= 15 is 0 Å². The number of carbonyl (C=O) groups is 2. The number of nitrogens with two attached hydrogens (primary N) is 2. The van der Waals surface area contributed by atoms with Gasteiger partial charge in [0.1, 0.15) is 6.04 Å². The van der Waals surface area contributed by atoms with E-state index < -0.39 is 12.1 Å². The van der Waals surface area contributed by atoms with Crippen LogP contribution in [0.5, 0.6) is 0 Å². The van der Waals surface area contributed by atoms with E-state index in [0.29, 0.717) is 38.8 Å². The lowest BCUT2D eigenvalue weighted by Gasteiger charge is -2.21. The van der Waals surface area contributed by atoms with Crippen LogP contribution in [-0.2, 0) is 22.6 Å². The predicted molar refractivity (Wildman–Crippen MR) is 111 cm³/mol. The molecule has 2 aromatic rings. The molecule has 2 atom stereocenters. The van der Waals surface area contributed by atoms with E-state index in [1.165, 1.54) is 0 Å². The second-order valence-corrected chi connectivity index (χ2v) is 6.83. The summed E-state index contributed by atoms with van der Waals surface area (Å²) in [6, 6.07) is 18.2. The molecule has 0 saturated carbocycles. The normalized spacial score (nSPS) is 12.8. The summed E-state index contributed by atoms with van der Waals surface area (Å²) < 4.78 is 0. The molecule has 0 aliphatic heterocycles. The fraction of sp³-hybridized carbons (Fsp3) is 0.364. The Labute approximate surface area is 166 Å². The van der Waals surface area contributed by atoms with Gasteiger partial charge in [-0.25, -0.2) is 0 Å². The van der Waals surface area contributed by atoms with Crippen LogP contribution in [0, 0.1) is 0 Å². The van der Waals surface area contributed by atoms with Gasteiger partial charge in [0, 0.05) is 6.54 Å². The van der Waals surface area contributed by atoms with Gasteiger partial charge in [0.05, 0.1) is 6.04 Å². The Kier molecular flexibility index (Phi) is 9.18. The first-order valence-electron chi connectivity index (χ1n) is 9.71. The van der Waals surface area contributed by atoms with Crippen molar-refractivity contribution in [2.75, 3.05) is 6.54 Å². The Hall–Kier alpha value is -2.70. The summed E-state index contributed by atoms with van der Waals surface area (Å²) in [7, 11) is 0. The summed E-state index contributed by atoms with van der Waals surface area (Å²) in [5, 5.41) is 5.72. The van der Waals surface area contributed by atoms with Crippen molar-refractivity contribution >= 4 is 11.8 Å². The number of amides is 2. The van der Waals surface area contributed by atoms with Crippen LogP contribution in [0.2, 0.25) is 0 Å². The Bertz CT molecular complexity index is 722. The molecular formula is C22H30N4O2. The fourth-order valence-corrected chi connectivity index (χ4v) is 2.88. The molecule has 0 heterocycles. The summed E-state index contributed by atoms with van der Waals surface area (Å²) >= 11 is 0. The van der Waals surface area contributed by atoms with Crippen LogP contribution in [-0.4, -0.2) is 30.4 Å². The third-order valence-electron chi connectivity index (χ3n) is 4.56. The smallest absolute Gasteiger partial charge is 0.242 e. The van der Waals surface area contributed by atoms with Crippen LogP contribution in [0.25, 0.3) is 0 Å². The quantitative estimate of drug-likeness (QED) is 0.472. The molecule has 0 bridgehead atoms. The van der Waals surface area contributed by atoms with Crippen molar-refractivity contribution in [3.05, 3.63) is 71.8 Å². The number of hydrogen-bond donors (Lipinski definition) is 4. The number of nitrogens with one attached hydrogen (secondary N) is 2. The van der Waals surface area contributed by atoms with E-state index in [4.69, 9.17) is 11.5 Å². The van der Waals surface area contributed by atoms with Gasteiger partial charge in [-0.1, -0.05) is 60.7 Å². The predicted octanol–water partition coefficient (Wildman–Crippen LogP) is 1.49. The molecule has 6 heteroatoms. The monoisotopic (exact) mass is 382 g/mol. The summed E-state index contributed by atoms with van der Waals surface area (Å²) in [6.45, 7) is 0.895. The average molecular weight is 383 g/mol. The maximum absolute atomic E-state index is 12.7. The van der Waals surface area contributed by atoms with Gasteiger partial charge in [-0.05, 0) is 43.4 Å². The van der Waals surface area contributed by atoms with Crippen molar-refractivity contribution in [1.29, 1.82) is 0 Å². The van der Waals surface area contributed by atoms with E-state index in [2.05, 4.69) is 10.6 Å². The van der Waals surface area contributed by atoms with E-state index in [0.717, 1.165) is 11.1 Å². The van der Waals surface area contributed by atoms with Gasteiger partial charge in [0.25, 0.3) is 0 Å². The topological polar surface area (TPSA) is 110 Å². The first-order chi connectivity index (χ1) is 13.6. The molecule has 28 heavy (non-hydrogen) atoms. The van der Waals surface area contributed by atoms with Gasteiger partial charge in [-0.15, -0.1) is 0 Å². The van der Waals surface area contributed by atoms with Crippen LogP contribution in [0.4, 0.5) is 0 Å². The maximum atomic E-state index is 12.7. The highest BCUT2D eigenvalue weighted by molar-refractivity contribution is 5.89. The van der Waals surface area contributed by atoms with Gasteiger partial charge in [0.15, 0.2) is 0 Å². The van der Waals surface area contributed by atoms with Gasteiger partial charge in [-0.2, -0.15) is 0 Å². The number of aryl methyl sites for hydroxylation is 1. The molecule has 2 aromatic carbocycles. The van der Waals surface area contributed by atoms with E-state index in [1.54, 1.807) is 0 Å². The first-order valence-corrected chi connectivity index (χ1v) is 9.71. The molecule has 0 aliphatic carbocycles. The van der Waals surface area contributed by atoms with Crippen LogP contribution in [0.3, 0.4) is 0 Å². The summed E-state index contributed by atoms with van der Waals surface area (Å²) in [6.07, 6.45) is 2.35. The summed E-state index contributed by atoms with van der Waals surface area (Å²) in [5.41, 5.74) is 13.5. The Morgan fingerprint density at radius 3 is 2.07 bits per heavy atom. The number of carbonyl (C=O) groups excluding carboxylic acids is 2. The SMILES string of the molecule is NCCC[C@@H](N)C(=O)NC(CCc1ccccc1)C(=O)NCc1ccccc1. The third kappa shape index (κ3) is 7.50. The van der Waals surface area contributed by atoms with Crippen molar-refractivity contribution in [1.82, 2.24) is 10.6 Å². The molecular weight excluding hydrogens is 352 g/mol. The largest absolute Gasteiger partial charge is 0.350 e. The molecule has 150 valence electrons. The average Bonchev–Trinajstić information content (AvgIpc) is 2.74. The van der Waals surface area contributed by atoms with E-state index in [9.17, 15) is 9.59 Å². The zero-order valence-corrected chi connectivity index (χ0v) is 16.1. The zero-order valence-electron chi connectivity index (χ0n) is 16.1. The maximum Gasteiger partial charge on any atom is 0.242 e. The molecule has 6 nitrogen and oxygen atoms in total. The highest BCUT2D eigenvalue weighted by atomic mass is 16.2. The molecule has 0 aliphatic rings. The van der Waals surface area contributed by atoms with Crippen LogP contribution in [0.1, 0.15) is 30.4 Å². The van der Waals surface area contributed by atoms with Crippen LogP contribution in [0.15, 0.2) is 60.7 Å². The minimum atomic E-state index is -0.662. The lowest BCUT2D eigenvalue weighted by Crippen LogP contribution is -2.51. The van der Waals surface area contributed by atoms with Crippen molar-refractivity contribution in [2.45, 2.75) is 44.3 Å². The van der Waals surface area contributed by atoms with Crippen molar-refractivity contribution < 1.29 is 9.59 Å². The second-order valence-electron chi connectivity index (χ2n) is 6.83. The Morgan fingerprint density at radius 2 is 1.46 bits per heavy atom. The minimum Gasteiger partial charge on any atom is -0.350 e. The first kappa shape index (κ1) is 21.6. The molecule has 0 aromatic heterocycles. The molecule has 0 fully saturated rings. The Morgan fingerprint density at radius 1 is 0.857 bits per heavy atom. The van der Waals surface area contributed by atoms with Gasteiger partial charge >= 0.3 is 0 Å². The zero-order chi connectivity index (χ0) is 20.2. The number of hydrogen-bond acceptors (Lipinski definition) is 4. The van der Waals surface area contributed by atoms with Crippen molar-refractivity contribution in [3.8, 4) is 0 Å². The lowest BCUT2D eigenvalue weighted by atomic mass is 10.0. The second kappa shape index (κ2) is 11.9. The summed E-state index contributed by atoms with van der Waals surface area (Å²) in [4.78, 5) is 25.1. The van der Waals surface area contributed by atoms with Gasteiger partial charge in [-0.3, -0.25) is 9.59 Å². The number of rotatable bonds is 11. The molecule has 2 amide bonds. The van der Waals surface area contributed by atoms with Crippen molar-refractivity contribution in [3.63, 3.8) is 0 Å². The van der Waals surface area contributed by atoms with Crippen LogP contribution < -0.4 is 22.1 Å². The molecule has 0 saturated heterocycles. The number of benzene rings is 2. The van der Waals surface area contributed by atoms with Crippen molar-refractivity contribution in [2.24, 2.45) is 11.5 Å². The van der Waals surface area contributed by atoms with Gasteiger partial charge < -0.3 is 22.1 Å². The highest BCUT2D eigenvalue weighted by Crippen LogP contribution is 2.07. The lowest BCUT2D eigenvalue weighted by molar-refractivity contribution is -0.130. The summed E-state index contributed by atoms with van der Waals surface area (Å²) in [5.74, 6) is -0.527. The highest BCUT2D eigenvalue weighted by Gasteiger charge is 2.23. The Balaban J connectivity index is 1.97. The minimum absolute atomic E-state index is 0.209. The van der Waals surface area contributed by atoms with Gasteiger partial charge in [0.2, 0.25) is 11.8 Å². The molecule has 6 N–H and O–H groups in total. The van der Waals surface area contributed by atoms with Crippen LogP contribution >= 0.6 is 0 Å².